The molecule has 1 aliphatic carbocycles. The third-order valence-electron chi connectivity index (χ3n) is 3.62. The van der Waals surface area contributed by atoms with Crippen LogP contribution in [-0.2, 0) is 12.8 Å². The Morgan fingerprint density at radius 3 is 2.75 bits per heavy atom. The maximum atomic E-state index is 14.0. The Kier molecular flexibility index (Phi) is 4.18. The van der Waals surface area contributed by atoms with Crippen LogP contribution in [0, 0.1) is 5.82 Å². The number of hydrogen-bond donors (Lipinski definition) is 1. The van der Waals surface area contributed by atoms with Crippen LogP contribution >= 0.6 is 38.9 Å². The number of benzene rings is 1. The van der Waals surface area contributed by atoms with Gasteiger partial charge < -0.3 is 5.11 Å². The molecule has 0 bridgehead atoms. The molecule has 1 unspecified atom stereocenters. The molecule has 0 spiro atoms. The Hall–Kier alpha value is -0.420. The summed E-state index contributed by atoms with van der Waals surface area (Å²) >= 11 is 10.8. The summed E-state index contributed by atoms with van der Waals surface area (Å²) < 4.78 is 14.5. The van der Waals surface area contributed by atoms with Gasteiger partial charge in [0.25, 0.3) is 0 Å². The zero-order valence-corrected chi connectivity index (χ0v) is 13.8. The molecule has 1 aromatic heterocycles. The zero-order valence-electron chi connectivity index (χ0n) is 10.6. The molecule has 0 fully saturated rings. The first-order chi connectivity index (χ1) is 9.56. The van der Waals surface area contributed by atoms with Crippen LogP contribution < -0.4 is 0 Å². The number of thiophene rings is 1. The van der Waals surface area contributed by atoms with Gasteiger partial charge in [-0.2, -0.15) is 0 Å². The molecule has 0 aliphatic heterocycles. The van der Waals surface area contributed by atoms with Gasteiger partial charge in [0.1, 0.15) is 11.9 Å². The lowest BCUT2D eigenvalue weighted by atomic mass is 9.98. The van der Waals surface area contributed by atoms with Gasteiger partial charge in [0.05, 0.1) is 5.02 Å². The second-order valence-electron chi connectivity index (χ2n) is 4.99. The van der Waals surface area contributed by atoms with Gasteiger partial charge in [-0.25, -0.2) is 4.39 Å². The molecule has 0 saturated heterocycles. The molecule has 0 saturated carbocycles. The van der Waals surface area contributed by atoms with E-state index in [-0.39, 0.29) is 5.56 Å². The summed E-state index contributed by atoms with van der Waals surface area (Å²) in [4.78, 5) is 2.13. The van der Waals surface area contributed by atoms with Gasteiger partial charge >= 0.3 is 0 Å². The lowest BCUT2D eigenvalue weighted by molar-refractivity contribution is 0.218. The van der Waals surface area contributed by atoms with Crippen LogP contribution in [-0.4, -0.2) is 5.11 Å². The summed E-state index contributed by atoms with van der Waals surface area (Å²) in [6.45, 7) is 0. The molecule has 106 valence electrons. The highest BCUT2D eigenvalue weighted by molar-refractivity contribution is 9.10. The van der Waals surface area contributed by atoms with Crippen molar-refractivity contribution >= 4 is 38.9 Å². The molecule has 3 rings (SSSR count). The minimum atomic E-state index is -0.948. The number of aryl methyl sites for hydroxylation is 2. The van der Waals surface area contributed by atoms with Gasteiger partial charge in [-0.05, 0) is 65.4 Å². The summed E-state index contributed by atoms with van der Waals surface area (Å²) in [5.74, 6) is -0.444. The van der Waals surface area contributed by atoms with Crippen LogP contribution in [0.15, 0.2) is 22.7 Å². The topological polar surface area (TPSA) is 20.2 Å². The highest BCUT2D eigenvalue weighted by Gasteiger charge is 2.22. The number of aliphatic hydroxyl groups is 1. The summed E-state index contributed by atoms with van der Waals surface area (Å²) in [6.07, 6.45) is 3.56. The molecular weight excluding hydrogens is 363 g/mol. The predicted molar refractivity (Wildman–Crippen MR) is 84.1 cm³/mol. The van der Waals surface area contributed by atoms with Crippen molar-refractivity contribution in [1.29, 1.82) is 0 Å². The first kappa shape index (κ1) is 14.5. The van der Waals surface area contributed by atoms with Gasteiger partial charge in [-0.15, -0.1) is 11.3 Å². The Morgan fingerprint density at radius 1 is 1.25 bits per heavy atom. The molecule has 1 atom stereocenters. The van der Waals surface area contributed by atoms with Gasteiger partial charge in [0.2, 0.25) is 0 Å². The summed E-state index contributed by atoms with van der Waals surface area (Å²) in [7, 11) is 0. The Morgan fingerprint density at radius 2 is 2.00 bits per heavy atom. The Labute approximate surface area is 134 Å². The Balaban J connectivity index is 1.98. The van der Waals surface area contributed by atoms with Gasteiger partial charge in [0.15, 0.2) is 0 Å². The van der Waals surface area contributed by atoms with E-state index in [2.05, 4.69) is 15.9 Å². The predicted octanol–water partition coefficient (Wildman–Crippen LogP) is 5.26. The maximum Gasteiger partial charge on any atom is 0.130 e. The second-order valence-corrected chi connectivity index (χ2v) is 7.42. The monoisotopic (exact) mass is 374 g/mol. The molecule has 0 amide bonds. The average molecular weight is 376 g/mol. The van der Waals surface area contributed by atoms with Gasteiger partial charge in [0, 0.05) is 19.8 Å². The lowest BCUT2D eigenvalue weighted by Crippen LogP contribution is -2.01. The first-order valence-electron chi connectivity index (χ1n) is 6.50. The van der Waals surface area contributed by atoms with Crippen molar-refractivity contribution in [2.45, 2.75) is 31.8 Å². The van der Waals surface area contributed by atoms with Crippen LogP contribution in [0.2, 0.25) is 5.02 Å². The maximum absolute atomic E-state index is 14.0. The number of fused-ring (bicyclic) bond motifs is 1. The van der Waals surface area contributed by atoms with Gasteiger partial charge in [-0.3, -0.25) is 0 Å². The van der Waals surface area contributed by atoms with Crippen LogP contribution in [0.3, 0.4) is 0 Å². The Bertz CT molecular complexity index is 632. The fourth-order valence-corrected chi connectivity index (χ4v) is 4.30. The van der Waals surface area contributed by atoms with E-state index >= 15 is 0 Å². The minimum absolute atomic E-state index is 0.233. The summed E-state index contributed by atoms with van der Waals surface area (Å²) in [5.41, 5.74) is 1.54. The van der Waals surface area contributed by atoms with E-state index in [4.69, 9.17) is 11.6 Å². The second kappa shape index (κ2) is 5.76. The highest BCUT2D eigenvalue weighted by atomic mass is 79.9. The molecule has 20 heavy (non-hydrogen) atoms. The fraction of sp³-hybridized carbons (Fsp3) is 0.333. The third-order valence-corrected chi connectivity index (χ3v) is 6.11. The van der Waals surface area contributed by atoms with E-state index in [0.29, 0.717) is 9.50 Å². The van der Waals surface area contributed by atoms with E-state index in [0.717, 1.165) is 17.7 Å². The van der Waals surface area contributed by atoms with Crippen LogP contribution in [0.5, 0.6) is 0 Å². The van der Waals surface area contributed by atoms with Crippen LogP contribution in [0.25, 0.3) is 0 Å². The highest BCUT2D eigenvalue weighted by Crippen LogP contribution is 2.37. The number of rotatable bonds is 2. The lowest BCUT2D eigenvalue weighted by Gasteiger charge is -2.11. The molecule has 1 aliphatic rings. The van der Waals surface area contributed by atoms with Crippen LogP contribution in [0.1, 0.15) is 39.8 Å². The van der Waals surface area contributed by atoms with E-state index in [9.17, 15) is 9.50 Å². The van der Waals surface area contributed by atoms with E-state index in [1.807, 2.05) is 6.07 Å². The van der Waals surface area contributed by atoms with Crippen molar-refractivity contribution in [3.63, 3.8) is 0 Å². The SMILES string of the molecule is OC(c1cc2c(s1)CCCC2)c1cc(Cl)c(Br)cc1F. The molecule has 1 heterocycles. The molecule has 1 nitrogen and oxygen atoms in total. The summed E-state index contributed by atoms with van der Waals surface area (Å²) in [6, 6.07) is 4.80. The normalized spacial score (nSPS) is 16.0. The van der Waals surface area contributed by atoms with E-state index in [1.54, 1.807) is 11.3 Å². The molecule has 5 heteroatoms. The van der Waals surface area contributed by atoms with Crippen molar-refractivity contribution in [3.05, 3.63) is 54.4 Å². The standard InChI is InChI=1S/C15H13BrClFOS/c16-10-7-12(18)9(6-11(10)17)15(19)14-5-8-3-1-2-4-13(8)20-14/h5-7,15,19H,1-4H2. The minimum Gasteiger partial charge on any atom is -0.383 e. The number of hydrogen-bond acceptors (Lipinski definition) is 2. The van der Waals surface area contributed by atoms with Crippen molar-refractivity contribution in [2.24, 2.45) is 0 Å². The largest absolute Gasteiger partial charge is 0.383 e. The van der Waals surface area contributed by atoms with Crippen molar-refractivity contribution in [1.82, 2.24) is 0 Å². The average Bonchev–Trinajstić information content (AvgIpc) is 2.86. The van der Waals surface area contributed by atoms with Crippen molar-refractivity contribution in [3.8, 4) is 0 Å². The molecule has 1 aromatic carbocycles. The van der Waals surface area contributed by atoms with Crippen molar-refractivity contribution < 1.29 is 9.50 Å². The third kappa shape index (κ3) is 2.67. The summed E-state index contributed by atoms with van der Waals surface area (Å²) in [5, 5.41) is 10.8. The van der Waals surface area contributed by atoms with Gasteiger partial charge in [-0.1, -0.05) is 11.6 Å². The molecular formula is C15H13BrClFOS. The zero-order chi connectivity index (χ0) is 14.3. The quantitative estimate of drug-likeness (QED) is 0.710. The van der Waals surface area contributed by atoms with Crippen LogP contribution in [0.4, 0.5) is 4.39 Å². The molecule has 2 aromatic rings. The fourth-order valence-electron chi connectivity index (χ4n) is 2.55. The number of aliphatic hydroxyl groups excluding tert-OH is 1. The molecule has 1 N–H and O–H groups in total. The van der Waals surface area contributed by atoms with E-state index in [1.165, 1.54) is 35.4 Å². The first-order valence-corrected chi connectivity index (χ1v) is 8.49. The van der Waals surface area contributed by atoms with Crippen molar-refractivity contribution in [2.75, 3.05) is 0 Å². The molecule has 0 radical (unpaired) electrons. The van der Waals surface area contributed by atoms with E-state index < -0.39 is 11.9 Å². The smallest absolute Gasteiger partial charge is 0.130 e. The number of halogens is 3.